The van der Waals surface area contributed by atoms with Crippen LogP contribution < -0.4 is 4.74 Å². The van der Waals surface area contributed by atoms with Crippen molar-refractivity contribution in [1.29, 1.82) is 0 Å². The Bertz CT molecular complexity index is 515. The van der Waals surface area contributed by atoms with Gasteiger partial charge in [-0.25, -0.2) is 4.39 Å². The maximum Gasteiger partial charge on any atom is 0.135 e. The fourth-order valence-electron chi connectivity index (χ4n) is 2.62. The second kappa shape index (κ2) is 6.76. The van der Waals surface area contributed by atoms with Crippen LogP contribution in [0.4, 0.5) is 4.39 Å². The molecular formula is C17H21FO2. The van der Waals surface area contributed by atoms with E-state index in [4.69, 9.17) is 9.84 Å². The van der Waals surface area contributed by atoms with Gasteiger partial charge in [-0.05, 0) is 49.3 Å². The van der Waals surface area contributed by atoms with E-state index in [9.17, 15) is 4.39 Å². The van der Waals surface area contributed by atoms with Crippen molar-refractivity contribution in [2.45, 2.75) is 39.2 Å². The number of ether oxygens (including phenoxy) is 1. The van der Waals surface area contributed by atoms with Gasteiger partial charge in [0.1, 0.15) is 18.2 Å². The Morgan fingerprint density at radius 2 is 2.10 bits per heavy atom. The molecule has 2 rings (SSSR count). The Balaban J connectivity index is 2.12. The Hall–Kier alpha value is -1.53. The fraction of sp³-hybridized carbons (Fsp3) is 0.529. The van der Waals surface area contributed by atoms with Gasteiger partial charge in [-0.2, -0.15) is 0 Å². The van der Waals surface area contributed by atoms with Gasteiger partial charge in [0.2, 0.25) is 0 Å². The molecule has 0 aromatic heterocycles. The van der Waals surface area contributed by atoms with Crippen LogP contribution in [0.5, 0.6) is 5.75 Å². The molecule has 1 saturated carbocycles. The topological polar surface area (TPSA) is 29.5 Å². The molecule has 3 heteroatoms. The van der Waals surface area contributed by atoms with Crippen LogP contribution in [-0.4, -0.2) is 17.8 Å². The fourth-order valence-corrected chi connectivity index (χ4v) is 2.62. The summed E-state index contributed by atoms with van der Waals surface area (Å²) in [6.45, 7) is 4.28. The average molecular weight is 276 g/mol. The highest BCUT2D eigenvalue weighted by Gasteiger charge is 2.26. The van der Waals surface area contributed by atoms with E-state index in [1.54, 1.807) is 6.07 Å². The van der Waals surface area contributed by atoms with Crippen molar-refractivity contribution < 1.29 is 14.2 Å². The zero-order valence-corrected chi connectivity index (χ0v) is 12.0. The molecule has 3 atom stereocenters. The maximum absolute atomic E-state index is 13.3. The summed E-state index contributed by atoms with van der Waals surface area (Å²) in [5.41, 5.74) is 0.505. The first kappa shape index (κ1) is 14.9. The van der Waals surface area contributed by atoms with E-state index in [-0.39, 0.29) is 18.5 Å². The number of benzene rings is 1. The molecule has 108 valence electrons. The lowest BCUT2D eigenvalue weighted by molar-refractivity contribution is 0.100. The first-order valence-corrected chi connectivity index (χ1v) is 7.16. The molecule has 1 fully saturated rings. The van der Waals surface area contributed by atoms with E-state index in [2.05, 4.69) is 25.7 Å². The molecule has 1 aliphatic carbocycles. The van der Waals surface area contributed by atoms with E-state index in [0.717, 1.165) is 25.2 Å². The molecule has 1 aromatic rings. The minimum absolute atomic E-state index is 0.168. The van der Waals surface area contributed by atoms with Gasteiger partial charge >= 0.3 is 0 Å². The van der Waals surface area contributed by atoms with Crippen LogP contribution in [-0.2, 0) is 0 Å². The number of hydrogen-bond donors (Lipinski definition) is 1. The quantitative estimate of drug-likeness (QED) is 0.839. The second-order valence-corrected chi connectivity index (χ2v) is 5.61. The molecule has 2 nitrogen and oxygen atoms in total. The van der Waals surface area contributed by atoms with Crippen molar-refractivity contribution in [3.05, 3.63) is 29.6 Å². The third-order valence-electron chi connectivity index (χ3n) is 4.09. The molecule has 0 spiro atoms. The minimum Gasteiger partial charge on any atom is -0.489 e. The maximum atomic E-state index is 13.3. The first-order chi connectivity index (χ1) is 9.60. The van der Waals surface area contributed by atoms with Crippen LogP contribution in [0, 0.1) is 29.5 Å². The van der Waals surface area contributed by atoms with Crippen molar-refractivity contribution in [2.75, 3.05) is 6.61 Å². The molecule has 1 aliphatic rings. The third-order valence-corrected chi connectivity index (χ3v) is 4.09. The standard InChI is InChI=1S/C17H21FO2/c1-12-5-7-16(10-13(12)2)20-17-8-6-15(18)11-14(17)4-3-9-19/h6,8,11-13,16,19H,5,7,9-10H2,1-2H3. The number of halogens is 1. The Labute approximate surface area is 120 Å². The van der Waals surface area contributed by atoms with Gasteiger partial charge < -0.3 is 9.84 Å². The van der Waals surface area contributed by atoms with E-state index < -0.39 is 0 Å². The van der Waals surface area contributed by atoms with E-state index >= 15 is 0 Å². The molecule has 0 heterocycles. The zero-order valence-electron chi connectivity index (χ0n) is 12.0. The van der Waals surface area contributed by atoms with Crippen molar-refractivity contribution >= 4 is 0 Å². The summed E-state index contributed by atoms with van der Waals surface area (Å²) >= 11 is 0. The van der Waals surface area contributed by atoms with Crippen molar-refractivity contribution in [1.82, 2.24) is 0 Å². The van der Waals surface area contributed by atoms with Gasteiger partial charge in [-0.3, -0.25) is 0 Å². The Kier molecular flexibility index (Phi) is 5.03. The van der Waals surface area contributed by atoms with E-state index in [1.807, 2.05) is 0 Å². The molecule has 0 bridgehead atoms. The normalized spacial score (nSPS) is 25.7. The number of rotatable bonds is 2. The zero-order chi connectivity index (χ0) is 14.5. The molecule has 0 amide bonds. The smallest absolute Gasteiger partial charge is 0.135 e. The van der Waals surface area contributed by atoms with Crippen molar-refractivity contribution in [3.63, 3.8) is 0 Å². The molecular weight excluding hydrogens is 255 g/mol. The summed E-state index contributed by atoms with van der Waals surface area (Å²) in [4.78, 5) is 0. The molecule has 0 radical (unpaired) electrons. The summed E-state index contributed by atoms with van der Waals surface area (Å²) in [5, 5.41) is 8.76. The molecule has 1 aromatic carbocycles. The number of aliphatic hydroxyl groups excluding tert-OH is 1. The van der Waals surface area contributed by atoms with Crippen LogP contribution in [0.25, 0.3) is 0 Å². The second-order valence-electron chi connectivity index (χ2n) is 5.61. The third kappa shape index (κ3) is 3.74. The lowest BCUT2D eigenvalue weighted by Crippen LogP contribution is -2.29. The lowest BCUT2D eigenvalue weighted by Gasteiger charge is -2.32. The van der Waals surface area contributed by atoms with E-state index in [0.29, 0.717) is 17.2 Å². The highest BCUT2D eigenvalue weighted by molar-refractivity contribution is 5.46. The Morgan fingerprint density at radius 1 is 1.30 bits per heavy atom. The molecule has 0 saturated heterocycles. The summed E-state index contributed by atoms with van der Waals surface area (Å²) in [5.74, 6) is 6.93. The highest BCUT2D eigenvalue weighted by atomic mass is 19.1. The molecule has 0 aliphatic heterocycles. The monoisotopic (exact) mass is 276 g/mol. The number of aliphatic hydroxyl groups is 1. The van der Waals surface area contributed by atoms with Gasteiger partial charge in [-0.15, -0.1) is 0 Å². The van der Waals surface area contributed by atoms with Crippen molar-refractivity contribution in [2.24, 2.45) is 11.8 Å². The summed E-state index contributed by atoms with van der Waals surface area (Å²) in [7, 11) is 0. The summed E-state index contributed by atoms with van der Waals surface area (Å²) < 4.78 is 19.3. The van der Waals surface area contributed by atoms with Crippen LogP contribution in [0.2, 0.25) is 0 Å². The molecule has 3 unspecified atom stereocenters. The van der Waals surface area contributed by atoms with Gasteiger partial charge in [0, 0.05) is 0 Å². The SMILES string of the molecule is CC1CCC(Oc2ccc(F)cc2C#CCO)CC1C. The van der Waals surface area contributed by atoms with Gasteiger partial charge in [0.15, 0.2) is 0 Å². The van der Waals surface area contributed by atoms with Crippen molar-refractivity contribution in [3.8, 4) is 17.6 Å². The summed E-state index contributed by atoms with van der Waals surface area (Å²) in [6.07, 6.45) is 3.37. The number of hydrogen-bond acceptors (Lipinski definition) is 2. The molecule has 20 heavy (non-hydrogen) atoms. The minimum atomic E-state index is -0.342. The largest absolute Gasteiger partial charge is 0.489 e. The van der Waals surface area contributed by atoms with Crippen LogP contribution >= 0.6 is 0 Å². The predicted octanol–water partition coefficient (Wildman–Crippen LogP) is 3.37. The first-order valence-electron chi connectivity index (χ1n) is 7.16. The molecule has 1 N–H and O–H groups in total. The van der Waals surface area contributed by atoms with Gasteiger partial charge in [0.25, 0.3) is 0 Å². The van der Waals surface area contributed by atoms with Crippen LogP contribution in [0.1, 0.15) is 38.7 Å². The van der Waals surface area contributed by atoms with Crippen LogP contribution in [0.15, 0.2) is 18.2 Å². The summed E-state index contributed by atoms with van der Waals surface area (Å²) in [6, 6.07) is 4.36. The van der Waals surface area contributed by atoms with E-state index in [1.165, 1.54) is 12.1 Å². The lowest BCUT2D eigenvalue weighted by atomic mass is 9.80. The van der Waals surface area contributed by atoms with Gasteiger partial charge in [0.05, 0.1) is 11.7 Å². The highest BCUT2D eigenvalue weighted by Crippen LogP contribution is 2.32. The van der Waals surface area contributed by atoms with Gasteiger partial charge in [-0.1, -0.05) is 25.7 Å². The Morgan fingerprint density at radius 3 is 2.80 bits per heavy atom. The average Bonchev–Trinajstić information content (AvgIpc) is 2.43. The van der Waals surface area contributed by atoms with Crippen LogP contribution in [0.3, 0.4) is 0 Å². The predicted molar refractivity (Wildman–Crippen MR) is 77.0 cm³/mol.